The van der Waals surface area contributed by atoms with Crippen LogP contribution >= 0.6 is 11.3 Å². The Balaban J connectivity index is 1.59. The zero-order valence-electron chi connectivity index (χ0n) is 14.6. The Morgan fingerprint density at radius 3 is 2.73 bits per heavy atom. The molecule has 1 amide bonds. The highest BCUT2D eigenvalue weighted by Crippen LogP contribution is 2.22. The van der Waals surface area contributed by atoms with Crippen molar-refractivity contribution in [1.82, 2.24) is 9.88 Å². The topological polar surface area (TPSA) is 42.4 Å². The van der Waals surface area contributed by atoms with Gasteiger partial charge in [-0.25, -0.2) is 4.98 Å². The normalized spacial score (nSPS) is 11.0. The molecule has 1 heterocycles. The van der Waals surface area contributed by atoms with E-state index >= 15 is 0 Å². The molecule has 0 aliphatic carbocycles. The quantitative estimate of drug-likeness (QED) is 0.457. The number of likely N-dealkylation sites (N-methyl/N-ethyl adjacent to an activating group) is 1. The van der Waals surface area contributed by atoms with Crippen molar-refractivity contribution < 1.29 is 9.53 Å². The summed E-state index contributed by atoms with van der Waals surface area (Å²) in [7, 11) is 1.78. The highest BCUT2D eigenvalue weighted by molar-refractivity contribution is 7.18. The van der Waals surface area contributed by atoms with Crippen LogP contribution in [0, 0.1) is 0 Å². The van der Waals surface area contributed by atoms with Crippen LogP contribution in [-0.2, 0) is 11.3 Å². The number of aromatic nitrogens is 1. The summed E-state index contributed by atoms with van der Waals surface area (Å²) in [6.07, 6.45) is 5.08. The molecular weight excluding hydrogens is 344 g/mol. The second-order valence-corrected chi connectivity index (χ2v) is 6.89. The van der Waals surface area contributed by atoms with Crippen molar-refractivity contribution in [3.8, 4) is 5.75 Å². The lowest BCUT2D eigenvalue weighted by molar-refractivity contribution is -0.125. The minimum atomic E-state index is -0.0590. The van der Waals surface area contributed by atoms with Crippen LogP contribution in [-0.4, -0.2) is 29.4 Å². The number of nitrogens with zero attached hydrogens (tertiary/aromatic N) is 2. The van der Waals surface area contributed by atoms with Crippen molar-refractivity contribution in [3.05, 3.63) is 77.8 Å². The maximum atomic E-state index is 12.3. The summed E-state index contributed by atoms with van der Waals surface area (Å²) in [4.78, 5) is 18.6. The van der Waals surface area contributed by atoms with E-state index in [0.717, 1.165) is 26.5 Å². The van der Waals surface area contributed by atoms with E-state index in [9.17, 15) is 4.79 Å². The fourth-order valence-electron chi connectivity index (χ4n) is 2.39. The molecule has 1 aromatic heterocycles. The van der Waals surface area contributed by atoms with E-state index in [1.54, 1.807) is 41.5 Å². The zero-order chi connectivity index (χ0) is 18.4. The van der Waals surface area contributed by atoms with Crippen molar-refractivity contribution >= 4 is 33.5 Å². The van der Waals surface area contributed by atoms with E-state index in [-0.39, 0.29) is 5.91 Å². The van der Waals surface area contributed by atoms with Gasteiger partial charge in [-0.3, -0.25) is 4.79 Å². The molecule has 0 fully saturated rings. The van der Waals surface area contributed by atoms with Gasteiger partial charge < -0.3 is 9.64 Å². The zero-order valence-corrected chi connectivity index (χ0v) is 15.4. The molecule has 0 aliphatic heterocycles. The number of benzene rings is 2. The number of carbonyl (C=O) groups is 1. The predicted molar refractivity (Wildman–Crippen MR) is 107 cm³/mol. The third-order valence-corrected chi connectivity index (χ3v) is 4.77. The molecule has 0 N–H and O–H groups in total. The molecule has 4 nitrogen and oxygen atoms in total. The molecule has 5 heteroatoms. The molecule has 0 unspecified atom stereocenters. The monoisotopic (exact) mass is 364 g/mol. The van der Waals surface area contributed by atoms with Crippen LogP contribution in [0.4, 0.5) is 0 Å². The Bertz CT molecular complexity index is 896. The summed E-state index contributed by atoms with van der Waals surface area (Å²) in [5.74, 6) is 0.720. The van der Waals surface area contributed by atoms with Crippen LogP contribution in [0.5, 0.6) is 5.75 Å². The van der Waals surface area contributed by atoms with Gasteiger partial charge >= 0.3 is 0 Å². The lowest BCUT2D eigenvalue weighted by Gasteiger charge is -2.12. The maximum absolute atomic E-state index is 12.3. The lowest BCUT2D eigenvalue weighted by atomic mass is 10.2. The fraction of sp³-hybridized carbons (Fsp3) is 0.143. The van der Waals surface area contributed by atoms with Gasteiger partial charge in [-0.2, -0.15) is 0 Å². The van der Waals surface area contributed by atoms with Gasteiger partial charge in [0.1, 0.15) is 17.4 Å². The molecule has 132 valence electrons. The van der Waals surface area contributed by atoms with E-state index in [4.69, 9.17) is 4.74 Å². The van der Waals surface area contributed by atoms with E-state index < -0.39 is 0 Å². The van der Waals surface area contributed by atoms with Gasteiger partial charge in [0.15, 0.2) is 0 Å². The molecule has 0 saturated carbocycles. The summed E-state index contributed by atoms with van der Waals surface area (Å²) in [6, 6.07) is 15.6. The molecule has 0 radical (unpaired) electrons. The van der Waals surface area contributed by atoms with Crippen molar-refractivity contribution in [3.63, 3.8) is 0 Å². The number of rotatable bonds is 7. The average molecular weight is 364 g/mol. The molecule has 0 bridgehead atoms. The van der Waals surface area contributed by atoms with E-state index in [2.05, 4.69) is 11.6 Å². The van der Waals surface area contributed by atoms with Crippen LogP contribution in [0.2, 0.25) is 0 Å². The number of carbonyl (C=O) groups excluding carboxylic acids is 1. The summed E-state index contributed by atoms with van der Waals surface area (Å²) in [5.41, 5.74) is 1.92. The predicted octanol–water partition coefficient (Wildman–Crippen LogP) is 4.53. The Morgan fingerprint density at radius 1 is 1.23 bits per heavy atom. The van der Waals surface area contributed by atoms with E-state index in [1.165, 1.54) is 0 Å². The Labute approximate surface area is 157 Å². The van der Waals surface area contributed by atoms with Gasteiger partial charge in [0.05, 0.1) is 16.8 Å². The minimum absolute atomic E-state index is 0.0590. The second kappa shape index (κ2) is 8.45. The van der Waals surface area contributed by atoms with Crippen LogP contribution in [0.1, 0.15) is 10.6 Å². The van der Waals surface area contributed by atoms with Gasteiger partial charge in [-0.15, -0.1) is 11.3 Å². The fourth-order valence-corrected chi connectivity index (χ4v) is 3.41. The third-order valence-electron chi connectivity index (χ3n) is 3.75. The molecule has 0 aliphatic rings. The van der Waals surface area contributed by atoms with Crippen LogP contribution in [0.3, 0.4) is 0 Å². The van der Waals surface area contributed by atoms with Crippen LogP contribution in [0.15, 0.2) is 67.3 Å². The SMILES string of the molecule is C=CCOc1ccc(/C=C/C(=O)N(C)Cc2nc3ccccc3s2)cc1. The van der Waals surface area contributed by atoms with Crippen LogP contribution < -0.4 is 4.74 Å². The van der Waals surface area contributed by atoms with Gasteiger partial charge in [-0.1, -0.05) is 36.9 Å². The average Bonchev–Trinajstić information content (AvgIpc) is 3.07. The van der Waals surface area contributed by atoms with Crippen molar-refractivity contribution in [2.75, 3.05) is 13.7 Å². The number of hydrogen-bond donors (Lipinski definition) is 0. The number of thiazole rings is 1. The van der Waals surface area contributed by atoms with Gasteiger partial charge in [0.2, 0.25) is 5.91 Å². The molecule has 26 heavy (non-hydrogen) atoms. The first-order chi connectivity index (χ1) is 12.7. The summed E-state index contributed by atoms with van der Waals surface area (Å²) < 4.78 is 6.58. The largest absolute Gasteiger partial charge is 0.490 e. The van der Waals surface area contributed by atoms with Gasteiger partial charge in [0.25, 0.3) is 0 Å². The van der Waals surface area contributed by atoms with E-state index in [1.807, 2.05) is 48.5 Å². The standard InChI is InChI=1S/C21H20N2O2S/c1-3-14-25-17-11-8-16(9-12-17)10-13-21(24)23(2)15-20-22-18-6-4-5-7-19(18)26-20/h3-13H,1,14-15H2,2H3/b13-10+. The molecule has 2 aromatic carbocycles. The van der Waals surface area contributed by atoms with Crippen molar-refractivity contribution in [2.24, 2.45) is 0 Å². The minimum Gasteiger partial charge on any atom is -0.490 e. The van der Waals surface area contributed by atoms with Crippen LogP contribution in [0.25, 0.3) is 16.3 Å². The molecule has 3 aromatic rings. The highest BCUT2D eigenvalue weighted by atomic mass is 32.1. The maximum Gasteiger partial charge on any atom is 0.246 e. The van der Waals surface area contributed by atoms with E-state index in [0.29, 0.717) is 13.2 Å². The van der Waals surface area contributed by atoms with Crippen molar-refractivity contribution in [2.45, 2.75) is 6.54 Å². The summed E-state index contributed by atoms with van der Waals surface area (Å²) in [5, 5.41) is 0.930. The first kappa shape index (κ1) is 17.9. The number of para-hydroxylation sites is 1. The molecule has 0 spiro atoms. The highest BCUT2D eigenvalue weighted by Gasteiger charge is 2.09. The number of hydrogen-bond acceptors (Lipinski definition) is 4. The Kier molecular flexibility index (Phi) is 5.81. The first-order valence-electron chi connectivity index (χ1n) is 8.27. The Hall–Kier alpha value is -2.92. The summed E-state index contributed by atoms with van der Waals surface area (Å²) in [6.45, 7) is 4.59. The Morgan fingerprint density at radius 2 is 2.00 bits per heavy atom. The van der Waals surface area contributed by atoms with Crippen molar-refractivity contribution in [1.29, 1.82) is 0 Å². The molecule has 0 atom stereocenters. The lowest BCUT2D eigenvalue weighted by Crippen LogP contribution is -2.23. The first-order valence-corrected chi connectivity index (χ1v) is 9.09. The van der Waals surface area contributed by atoms with Gasteiger partial charge in [0, 0.05) is 13.1 Å². The number of amides is 1. The molecule has 3 rings (SSSR count). The molecular formula is C21H20N2O2S. The number of ether oxygens (including phenoxy) is 1. The smallest absolute Gasteiger partial charge is 0.246 e. The third kappa shape index (κ3) is 4.58. The molecule has 0 saturated heterocycles. The summed E-state index contributed by atoms with van der Waals surface area (Å²) >= 11 is 1.62. The van der Waals surface area contributed by atoms with Gasteiger partial charge in [-0.05, 0) is 35.9 Å². The second-order valence-electron chi connectivity index (χ2n) is 5.77. The number of fused-ring (bicyclic) bond motifs is 1.